The molecule has 0 aromatic heterocycles. The second kappa shape index (κ2) is 9.71. The van der Waals surface area contributed by atoms with Crippen molar-refractivity contribution >= 4 is 11.6 Å². The maximum absolute atomic E-state index is 13.0. The van der Waals surface area contributed by atoms with Crippen LogP contribution in [0.1, 0.15) is 44.2 Å². The van der Waals surface area contributed by atoms with Crippen molar-refractivity contribution in [1.29, 1.82) is 0 Å². The highest BCUT2D eigenvalue weighted by Crippen LogP contribution is 2.33. The smallest absolute Gasteiger partial charge is 0.241 e. The van der Waals surface area contributed by atoms with E-state index in [1.54, 1.807) is 0 Å². The fraction of sp³-hybridized carbons (Fsp3) is 0.480. The Balaban J connectivity index is 1.30. The van der Waals surface area contributed by atoms with Gasteiger partial charge < -0.3 is 14.8 Å². The molecule has 0 aliphatic carbocycles. The van der Waals surface area contributed by atoms with E-state index in [1.165, 1.54) is 11.1 Å². The Hall–Kier alpha value is -2.57. The predicted molar refractivity (Wildman–Crippen MR) is 123 cm³/mol. The molecule has 0 spiro atoms. The van der Waals surface area contributed by atoms with Crippen LogP contribution in [0.4, 0.5) is 5.69 Å². The molecule has 6 heteroatoms. The van der Waals surface area contributed by atoms with E-state index in [0.29, 0.717) is 12.7 Å². The Kier molecular flexibility index (Phi) is 6.78. The van der Waals surface area contributed by atoms with Crippen LogP contribution in [-0.4, -0.2) is 54.7 Å². The number of carbonyl (C=O) groups is 1. The normalized spacial score (nSPS) is 18.5. The van der Waals surface area contributed by atoms with Gasteiger partial charge in [-0.3, -0.25) is 14.6 Å². The van der Waals surface area contributed by atoms with E-state index < -0.39 is 0 Å². The highest BCUT2D eigenvalue weighted by atomic mass is 16.7. The highest BCUT2D eigenvalue weighted by molar-refractivity contribution is 5.95. The van der Waals surface area contributed by atoms with Crippen molar-refractivity contribution in [3.05, 3.63) is 53.6 Å². The molecule has 2 aliphatic heterocycles. The van der Waals surface area contributed by atoms with Gasteiger partial charge in [-0.15, -0.1) is 0 Å². The molecule has 0 saturated carbocycles. The Morgan fingerprint density at radius 3 is 2.55 bits per heavy atom. The minimum atomic E-state index is -0.155. The van der Waals surface area contributed by atoms with E-state index in [-0.39, 0.29) is 11.9 Å². The van der Waals surface area contributed by atoms with Crippen LogP contribution in [0.2, 0.25) is 0 Å². The van der Waals surface area contributed by atoms with Gasteiger partial charge in [0.1, 0.15) is 0 Å². The molecule has 2 aliphatic rings. The number of hydrogen-bond donors (Lipinski definition) is 1. The third-order valence-corrected chi connectivity index (χ3v) is 6.54. The van der Waals surface area contributed by atoms with E-state index in [9.17, 15) is 4.79 Å². The van der Waals surface area contributed by atoms with Gasteiger partial charge >= 0.3 is 0 Å². The Labute approximate surface area is 185 Å². The van der Waals surface area contributed by atoms with Crippen LogP contribution < -0.4 is 14.8 Å². The molecule has 2 heterocycles. The molecule has 0 unspecified atom stereocenters. The molecule has 1 amide bonds. The first-order valence-corrected chi connectivity index (χ1v) is 11.3. The molecule has 6 nitrogen and oxygen atoms in total. The van der Waals surface area contributed by atoms with Crippen molar-refractivity contribution < 1.29 is 14.3 Å². The molecule has 4 rings (SSSR count). The number of piperazine rings is 1. The number of carbonyl (C=O) groups excluding carboxylic acids is 1. The largest absolute Gasteiger partial charge is 0.454 e. The van der Waals surface area contributed by atoms with Crippen LogP contribution in [0.25, 0.3) is 0 Å². The van der Waals surface area contributed by atoms with Gasteiger partial charge in [-0.05, 0) is 48.6 Å². The highest BCUT2D eigenvalue weighted by Gasteiger charge is 2.26. The Bertz CT molecular complexity index is 909. The van der Waals surface area contributed by atoms with E-state index >= 15 is 0 Å². The minimum absolute atomic E-state index is 0.0694. The molecular formula is C25H33N3O3. The van der Waals surface area contributed by atoms with E-state index in [4.69, 9.17) is 9.47 Å². The number of rotatable bonds is 7. The van der Waals surface area contributed by atoms with Gasteiger partial charge in [0, 0.05) is 38.4 Å². The summed E-state index contributed by atoms with van der Waals surface area (Å²) >= 11 is 0. The molecule has 2 atom stereocenters. The van der Waals surface area contributed by atoms with Crippen molar-refractivity contribution in [2.24, 2.45) is 0 Å². The van der Waals surface area contributed by atoms with Gasteiger partial charge in [-0.25, -0.2) is 0 Å². The van der Waals surface area contributed by atoms with E-state index in [0.717, 1.165) is 56.3 Å². The molecule has 2 aromatic carbocycles. The first-order valence-electron chi connectivity index (χ1n) is 11.3. The first-order chi connectivity index (χ1) is 15.0. The van der Waals surface area contributed by atoms with Crippen LogP contribution in [-0.2, 0) is 11.3 Å². The van der Waals surface area contributed by atoms with Crippen molar-refractivity contribution in [3.63, 3.8) is 0 Å². The monoisotopic (exact) mass is 423 g/mol. The topological polar surface area (TPSA) is 54.0 Å². The van der Waals surface area contributed by atoms with Gasteiger partial charge in [0.15, 0.2) is 11.5 Å². The van der Waals surface area contributed by atoms with Crippen LogP contribution in [0.3, 0.4) is 0 Å². The predicted octanol–water partition coefficient (Wildman–Crippen LogP) is 4.07. The summed E-state index contributed by atoms with van der Waals surface area (Å²) in [5, 5.41) is 3.18. The maximum atomic E-state index is 13.0. The summed E-state index contributed by atoms with van der Waals surface area (Å²) < 4.78 is 10.9. The lowest BCUT2D eigenvalue weighted by atomic mass is 9.97. The molecule has 0 radical (unpaired) electrons. The van der Waals surface area contributed by atoms with Crippen molar-refractivity contribution in [2.75, 3.05) is 38.3 Å². The lowest BCUT2D eigenvalue weighted by molar-refractivity contribution is -0.121. The summed E-state index contributed by atoms with van der Waals surface area (Å²) in [6.07, 6.45) is 1.05. The van der Waals surface area contributed by atoms with Gasteiger partial charge in [0.25, 0.3) is 0 Å². The SMILES string of the molecule is CC[C@H](C)c1ccccc1NC(=O)[C@H](C)N1CCN(Cc2ccc3c(c2)OCO3)CC1. The lowest BCUT2D eigenvalue weighted by Gasteiger charge is -2.37. The average molecular weight is 424 g/mol. The zero-order valence-electron chi connectivity index (χ0n) is 18.8. The van der Waals surface area contributed by atoms with Crippen LogP contribution >= 0.6 is 0 Å². The van der Waals surface area contributed by atoms with Crippen LogP contribution in [0.15, 0.2) is 42.5 Å². The number of hydrogen-bond acceptors (Lipinski definition) is 5. The van der Waals surface area contributed by atoms with Gasteiger partial charge in [-0.1, -0.05) is 38.1 Å². The number of benzene rings is 2. The number of amides is 1. The van der Waals surface area contributed by atoms with Crippen molar-refractivity contribution in [1.82, 2.24) is 9.80 Å². The fourth-order valence-corrected chi connectivity index (χ4v) is 4.27. The number of nitrogens with one attached hydrogen (secondary N) is 1. The number of nitrogens with zero attached hydrogens (tertiary/aromatic N) is 2. The minimum Gasteiger partial charge on any atom is -0.454 e. The zero-order valence-corrected chi connectivity index (χ0v) is 18.8. The van der Waals surface area contributed by atoms with Gasteiger partial charge in [0.05, 0.1) is 6.04 Å². The first kappa shape index (κ1) is 21.7. The second-order valence-corrected chi connectivity index (χ2v) is 8.56. The third-order valence-electron chi connectivity index (χ3n) is 6.54. The summed E-state index contributed by atoms with van der Waals surface area (Å²) in [5.41, 5.74) is 3.37. The molecule has 1 fully saturated rings. The molecule has 166 valence electrons. The second-order valence-electron chi connectivity index (χ2n) is 8.56. The summed E-state index contributed by atoms with van der Waals surface area (Å²) in [6.45, 7) is 11.2. The van der Waals surface area contributed by atoms with Crippen molar-refractivity contribution in [2.45, 2.75) is 45.7 Å². The number of ether oxygens (including phenoxy) is 2. The van der Waals surface area contributed by atoms with Crippen LogP contribution in [0.5, 0.6) is 11.5 Å². The Morgan fingerprint density at radius 1 is 1.03 bits per heavy atom. The number of fused-ring (bicyclic) bond motifs is 1. The number of para-hydroxylation sites is 1. The standard InChI is InChI=1S/C25H33N3O3/c1-4-18(2)21-7-5-6-8-22(21)26-25(29)19(3)28-13-11-27(12-14-28)16-20-9-10-23-24(15-20)31-17-30-23/h5-10,15,18-19H,4,11-14,16-17H2,1-3H3,(H,26,29)/t18-,19-/m0/s1. The van der Waals surface area contributed by atoms with Crippen LogP contribution in [0, 0.1) is 0 Å². The summed E-state index contributed by atoms with van der Waals surface area (Å²) in [5.74, 6) is 2.15. The lowest BCUT2D eigenvalue weighted by Crippen LogP contribution is -2.52. The summed E-state index contributed by atoms with van der Waals surface area (Å²) in [4.78, 5) is 17.7. The molecule has 2 aromatic rings. The molecule has 31 heavy (non-hydrogen) atoms. The van der Waals surface area contributed by atoms with Gasteiger partial charge in [0.2, 0.25) is 12.7 Å². The summed E-state index contributed by atoms with van der Waals surface area (Å²) in [7, 11) is 0. The zero-order chi connectivity index (χ0) is 21.8. The third kappa shape index (κ3) is 5.02. The quantitative estimate of drug-likeness (QED) is 0.727. The van der Waals surface area contributed by atoms with Crippen molar-refractivity contribution in [3.8, 4) is 11.5 Å². The summed E-state index contributed by atoms with van der Waals surface area (Å²) in [6, 6.07) is 14.2. The molecular weight excluding hydrogens is 390 g/mol. The number of anilines is 1. The van der Waals surface area contributed by atoms with Gasteiger partial charge in [-0.2, -0.15) is 0 Å². The Morgan fingerprint density at radius 2 is 1.77 bits per heavy atom. The van der Waals surface area contributed by atoms with E-state index in [1.807, 2.05) is 31.2 Å². The molecule has 1 N–H and O–H groups in total. The molecule has 1 saturated heterocycles. The maximum Gasteiger partial charge on any atom is 0.241 e. The average Bonchev–Trinajstić information content (AvgIpc) is 3.27. The van der Waals surface area contributed by atoms with E-state index in [2.05, 4.69) is 47.2 Å². The molecule has 0 bridgehead atoms. The fourth-order valence-electron chi connectivity index (χ4n) is 4.27.